The standard InChI is InChI=1S/C13H8F3NO2S/c1-20-6-4-8(15)11(9(16)5-6)12-7(14)2-3-10(17-12)13(18)19/h2-5H,1H3,(H,18,19)/p-1. The number of pyridine rings is 1. The number of carbonyl (C=O) groups is 1. The molecule has 20 heavy (non-hydrogen) atoms. The largest absolute Gasteiger partial charge is 0.543 e. The van der Waals surface area contributed by atoms with Crippen molar-refractivity contribution in [3.63, 3.8) is 0 Å². The third-order valence-electron chi connectivity index (χ3n) is 2.54. The highest BCUT2D eigenvalue weighted by molar-refractivity contribution is 7.98. The summed E-state index contributed by atoms with van der Waals surface area (Å²) in [6.45, 7) is 0. The quantitative estimate of drug-likeness (QED) is 0.816. The lowest BCUT2D eigenvalue weighted by molar-refractivity contribution is -0.255. The van der Waals surface area contributed by atoms with E-state index in [2.05, 4.69) is 4.98 Å². The van der Waals surface area contributed by atoms with E-state index in [0.29, 0.717) is 4.90 Å². The van der Waals surface area contributed by atoms with Gasteiger partial charge >= 0.3 is 0 Å². The fourth-order valence-corrected chi connectivity index (χ4v) is 2.07. The number of carboxylic acid groups (broad SMARTS) is 1. The number of aromatic carboxylic acids is 1. The van der Waals surface area contributed by atoms with Crippen LogP contribution in [0.25, 0.3) is 11.3 Å². The second-order valence-corrected chi connectivity index (χ2v) is 4.66. The molecule has 0 unspecified atom stereocenters. The Balaban J connectivity index is 2.68. The Bertz CT molecular complexity index is 668. The van der Waals surface area contributed by atoms with E-state index < -0.39 is 40.4 Å². The summed E-state index contributed by atoms with van der Waals surface area (Å²) < 4.78 is 41.4. The molecule has 0 amide bonds. The summed E-state index contributed by atoms with van der Waals surface area (Å²) in [4.78, 5) is 14.4. The van der Waals surface area contributed by atoms with Crippen molar-refractivity contribution in [3.05, 3.63) is 47.4 Å². The minimum Gasteiger partial charge on any atom is -0.543 e. The Morgan fingerprint density at radius 3 is 2.25 bits per heavy atom. The van der Waals surface area contributed by atoms with E-state index >= 15 is 0 Å². The Labute approximate surface area is 116 Å². The molecule has 104 valence electrons. The number of aromatic nitrogens is 1. The van der Waals surface area contributed by atoms with Gasteiger partial charge in [-0.3, -0.25) is 0 Å². The number of rotatable bonds is 3. The van der Waals surface area contributed by atoms with E-state index in [1.165, 1.54) is 0 Å². The number of halogens is 3. The summed E-state index contributed by atoms with van der Waals surface area (Å²) in [5.41, 5.74) is -2.01. The van der Waals surface area contributed by atoms with E-state index in [9.17, 15) is 23.1 Å². The first-order valence-corrected chi connectivity index (χ1v) is 6.57. The van der Waals surface area contributed by atoms with Crippen LogP contribution in [0.5, 0.6) is 0 Å². The molecular formula is C13H7F3NO2S-. The lowest BCUT2D eigenvalue weighted by atomic mass is 10.1. The van der Waals surface area contributed by atoms with Crippen LogP contribution < -0.4 is 5.11 Å². The average Bonchev–Trinajstić information content (AvgIpc) is 2.39. The first kappa shape index (κ1) is 14.4. The number of hydrogen-bond acceptors (Lipinski definition) is 4. The molecule has 0 aliphatic rings. The van der Waals surface area contributed by atoms with Gasteiger partial charge < -0.3 is 9.90 Å². The van der Waals surface area contributed by atoms with Crippen molar-refractivity contribution >= 4 is 17.7 Å². The van der Waals surface area contributed by atoms with Crippen molar-refractivity contribution < 1.29 is 23.1 Å². The molecular weight excluding hydrogens is 291 g/mol. The van der Waals surface area contributed by atoms with Crippen LogP contribution in [0.3, 0.4) is 0 Å². The van der Waals surface area contributed by atoms with Crippen LogP contribution in [0, 0.1) is 17.5 Å². The highest BCUT2D eigenvalue weighted by Gasteiger charge is 2.19. The van der Waals surface area contributed by atoms with Crippen molar-refractivity contribution in [2.75, 3.05) is 6.26 Å². The number of hydrogen-bond donors (Lipinski definition) is 0. The SMILES string of the molecule is CSc1cc(F)c(-c2nc(C(=O)[O-])ccc2F)c(F)c1. The summed E-state index contributed by atoms with van der Waals surface area (Å²) in [6.07, 6.45) is 1.63. The van der Waals surface area contributed by atoms with Crippen molar-refractivity contribution in [1.82, 2.24) is 4.98 Å². The van der Waals surface area contributed by atoms with Gasteiger partial charge in [-0.1, -0.05) is 0 Å². The molecule has 0 radical (unpaired) electrons. The van der Waals surface area contributed by atoms with E-state index in [1.807, 2.05) is 0 Å². The highest BCUT2D eigenvalue weighted by Crippen LogP contribution is 2.30. The number of benzene rings is 1. The maximum Gasteiger partial charge on any atom is 0.149 e. The molecule has 7 heteroatoms. The van der Waals surface area contributed by atoms with Crippen LogP contribution in [0.4, 0.5) is 13.2 Å². The Hall–Kier alpha value is -2.02. The Kier molecular flexibility index (Phi) is 3.99. The zero-order valence-corrected chi connectivity index (χ0v) is 10.9. The maximum atomic E-state index is 13.9. The van der Waals surface area contributed by atoms with E-state index in [0.717, 1.165) is 36.0 Å². The molecule has 0 spiro atoms. The highest BCUT2D eigenvalue weighted by atomic mass is 32.2. The molecule has 1 aromatic heterocycles. The van der Waals surface area contributed by atoms with E-state index in [1.54, 1.807) is 6.26 Å². The molecule has 0 atom stereocenters. The fourth-order valence-electron chi connectivity index (χ4n) is 1.63. The summed E-state index contributed by atoms with van der Waals surface area (Å²) >= 11 is 1.11. The lowest BCUT2D eigenvalue weighted by Crippen LogP contribution is -2.23. The van der Waals surface area contributed by atoms with Crippen molar-refractivity contribution in [3.8, 4) is 11.3 Å². The molecule has 0 aliphatic heterocycles. The molecule has 2 rings (SSSR count). The minimum atomic E-state index is -1.66. The molecule has 0 saturated carbocycles. The van der Waals surface area contributed by atoms with Gasteiger partial charge in [0.25, 0.3) is 0 Å². The molecule has 0 saturated heterocycles. The van der Waals surface area contributed by atoms with Gasteiger partial charge in [-0.15, -0.1) is 11.8 Å². The lowest BCUT2D eigenvalue weighted by Gasteiger charge is -2.09. The van der Waals surface area contributed by atoms with Gasteiger partial charge in [0.15, 0.2) is 0 Å². The first-order valence-electron chi connectivity index (χ1n) is 5.35. The summed E-state index contributed by atoms with van der Waals surface area (Å²) in [5.74, 6) is -4.72. The van der Waals surface area contributed by atoms with Crippen LogP contribution >= 0.6 is 11.8 Å². The van der Waals surface area contributed by atoms with Crippen molar-refractivity contribution in [1.29, 1.82) is 0 Å². The topological polar surface area (TPSA) is 53.0 Å². The van der Waals surface area contributed by atoms with Gasteiger partial charge in [-0.25, -0.2) is 18.2 Å². The maximum absolute atomic E-state index is 13.9. The molecule has 1 aromatic carbocycles. The van der Waals surface area contributed by atoms with E-state index in [-0.39, 0.29) is 0 Å². The molecule has 0 fully saturated rings. The minimum absolute atomic E-state index is 0.320. The average molecular weight is 298 g/mol. The van der Waals surface area contributed by atoms with Crippen LogP contribution in [0.2, 0.25) is 0 Å². The Morgan fingerprint density at radius 2 is 1.75 bits per heavy atom. The predicted molar refractivity (Wildman–Crippen MR) is 65.7 cm³/mol. The summed E-state index contributed by atoms with van der Waals surface area (Å²) in [6, 6.07) is 3.68. The fraction of sp³-hybridized carbons (Fsp3) is 0.0769. The van der Waals surface area contributed by atoms with Crippen LogP contribution in [-0.2, 0) is 0 Å². The molecule has 0 aliphatic carbocycles. The molecule has 0 bridgehead atoms. The third kappa shape index (κ3) is 2.62. The monoisotopic (exact) mass is 298 g/mol. The molecule has 3 nitrogen and oxygen atoms in total. The van der Waals surface area contributed by atoms with Crippen LogP contribution in [-0.4, -0.2) is 17.2 Å². The summed E-state index contributed by atoms with van der Waals surface area (Å²) in [7, 11) is 0. The van der Waals surface area contributed by atoms with E-state index in [4.69, 9.17) is 0 Å². The molecule has 1 heterocycles. The van der Waals surface area contributed by atoms with Crippen LogP contribution in [0.15, 0.2) is 29.2 Å². The number of carboxylic acids is 1. The van der Waals surface area contributed by atoms with Crippen LogP contribution in [0.1, 0.15) is 10.5 Å². The number of carbonyl (C=O) groups excluding carboxylic acids is 1. The molecule has 2 aromatic rings. The van der Waals surface area contributed by atoms with Gasteiger partial charge in [-0.05, 0) is 30.5 Å². The van der Waals surface area contributed by atoms with Gasteiger partial charge in [0.05, 0.1) is 17.2 Å². The Morgan fingerprint density at radius 1 is 1.15 bits per heavy atom. The normalized spacial score (nSPS) is 10.6. The second kappa shape index (κ2) is 5.54. The molecule has 0 N–H and O–H groups in total. The van der Waals surface area contributed by atoms with Gasteiger partial charge in [-0.2, -0.15) is 0 Å². The predicted octanol–water partition coefficient (Wildman–Crippen LogP) is 2.25. The van der Waals surface area contributed by atoms with Crippen molar-refractivity contribution in [2.24, 2.45) is 0 Å². The van der Waals surface area contributed by atoms with Gasteiger partial charge in [0.2, 0.25) is 0 Å². The van der Waals surface area contributed by atoms with Crippen molar-refractivity contribution in [2.45, 2.75) is 4.90 Å². The van der Waals surface area contributed by atoms with Gasteiger partial charge in [0, 0.05) is 4.90 Å². The summed E-state index contributed by atoms with van der Waals surface area (Å²) in [5, 5.41) is 10.7. The second-order valence-electron chi connectivity index (χ2n) is 3.78. The number of thioether (sulfide) groups is 1. The number of nitrogens with zero attached hydrogens (tertiary/aromatic N) is 1. The third-order valence-corrected chi connectivity index (χ3v) is 3.25. The smallest absolute Gasteiger partial charge is 0.149 e. The van der Waals surface area contributed by atoms with Gasteiger partial charge in [0.1, 0.15) is 23.1 Å². The zero-order chi connectivity index (χ0) is 14.9. The first-order chi connectivity index (χ1) is 9.43. The zero-order valence-electron chi connectivity index (χ0n) is 10.1.